The summed E-state index contributed by atoms with van der Waals surface area (Å²) in [6.07, 6.45) is 0. The van der Waals surface area contributed by atoms with Crippen LogP contribution < -0.4 is 10.6 Å². The van der Waals surface area contributed by atoms with Crippen LogP contribution in [0.4, 0.5) is 0 Å². The highest BCUT2D eigenvalue weighted by molar-refractivity contribution is 5.79. The molecule has 0 aliphatic carbocycles. The Hall–Kier alpha value is -2.38. The van der Waals surface area contributed by atoms with Crippen molar-refractivity contribution >= 4 is 5.96 Å². The first kappa shape index (κ1) is 17.4. The zero-order chi connectivity index (χ0) is 17.3. The Kier molecular flexibility index (Phi) is 6.42. The van der Waals surface area contributed by atoms with Crippen molar-refractivity contribution in [3.8, 4) is 11.3 Å². The van der Waals surface area contributed by atoms with Gasteiger partial charge in [-0.15, -0.1) is 0 Å². The molecular formula is C18H25N5O2. The highest BCUT2D eigenvalue weighted by Gasteiger charge is 2.10. The fraction of sp³-hybridized carbons (Fsp3) is 0.444. The van der Waals surface area contributed by atoms with Crippen LogP contribution in [0.5, 0.6) is 0 Å². The third kappa shape index (κ3) is 5.30. The number of aliphatic imine (C=N–C) groups is 1. The van der Waals surface area contributed by atoms with Gasteiger partial charge in [-0.25, -0.2) is 0 Å². The van der Waals surface area contributed by atoms with E-state index >= 15 is 0 Å². The van der Waals surface area contributed by atoms with Crippen molar-refractivity contribution in [3.63, 3.8) is 0 Å². The molecule has 1 aromatic heterocycles. The lowest BCUT2D eigenvalue weighted by molar-refractivity contribution is 0.0389. The molecule has 25 heavy (non-hydrogen) atoms. The Morgan fingerprint density at radius 2 is 2.00 bits per heavy atom. The SMILES string of the molecule is CN=C(NCCN1CCOCC1)NCc1cc(-c2ccccc2)on1. The average Bonchev–Trinajstić information content (AvgIpc) is 3.15. The number of benzene rings is 1. The predicted molar refractivity (Wildman–Crippen MR) is 97.4 cm³/mol. The van der Waals surface area contributed by atoms with Crippen LogP contribution >= 0.6 is 0 Å². The van der Waals surface area contributed by atoms with Crippen LogP contribution in [-0.4, -0.2) is 62.5 Å². The Balaban J connectivity index is 1.43. The van der Waals surface area contributed by atoms with E-state index in [-0.39, 0.29) is 0 Å². The topological polar surface area (TPSA) is 74.9 Å². The molecule has 0 atom stereocenters. The maximum atomic E-state index is 5.41. The van der Waals surface area contributed by atoms with Gasteiger partial charge in [-0.3, -0.25) is 9.89 Å². The Labute approximate surface area is 148 Å². The van der Waals surface area contributed by atoms with Crippen LogP contribution in [0.2, 0.25) is 0 Å². The maximum absolute atomic E-state index is 5.41. The lowest BCUT2D eigenvalue weighted by Crippen LogP contribution is -2.44. The summed E-state index contributed by atoms with van der Waals surface area (Å²) in [6.45, 7) is 6.02. The quantitative estimate of drug-likeness (QED) is 0.609. The van der Waals surface area contributed by atoms with Crippen molar-refractivity contribution in [2.45, 2.75) is 6.54 Å². The van der Waals surface area contributed by atoms with Gasteiger partial charge in [0.25, 0.3) is 0 Å². The van der Waals surface area contributed by atoms with E-state index in [9.17, 15) is 0 Å². The first-order valence-corrected chi connectivity index (χ1v) is 8.61. The molecule has 7 heteroatoms. The molecule has 1 aromatic carbocycles. The Morgan fingerprint density at radius 1 is 1.20 bits per heavy atom. The van der Waals surface area contributed by atoms with E-state index in [4.69, 9.17) is 9.26 Å². The minimum atomic E-state index is 0.563. The lowest BCUT2D eigenvalue weighted by atomic mass is 10.2. The summed E-state index contributed by atoms with van der Waals surface area (Å²) in [5.41, 5.74) is 1.87. The summed E-state index contributed by atoms with van der Waals surface area (Å²) in [5, 5.41) is 10.7. The number of hydrogen-bond donors (Lipinski definition) is 2. The van der Waals surface area contributed by atoms with E-state index in [0.717, 1.165) is 62.4 Å². The molecule has 2 N–H and O–H groups in total. The van der Waals surface area contributed by atoms with Crippen molar-refractivity contribution in [1.82, 2.24) is 20.7 Å². The second kappa shape index (κ2) is 9.19. The van der Waals surface area contributed by atoms with Crippen LogP contribution in [0.15, 0.2) is 45.9 Å². The fourth-order valence-electron chi connectivity index (χ4n) is 2.69. The minimum Gasteiger partial charge on any atom is -0.379 e. The summed E-state index contributed by atoms with van der Waals surface area (Å²) in [6, 6.07) is 11.9. The van der Waals surface area contributed by atoms with Gasteiger partial charge in [0.2, 0.25) is 0 Å². The number of nitrogens with zero attached hydrogens (tertiary/aromatic N) is 3. The molecule has 0 saturated carbocycles. The molecule has 1 fully saturated rings. The molecule has 1 saturated heterocycles. The molecule has 7 nitrogen and oxygen atoms in total. The summed E-state index contributed by atoms with van der Waals surface area (Å²) in [7, 11) is 1.77. The zero-order valence-electron chi connectivity index (χ0n) is 14.6. The molecule has 1 aliphatic rings. The van der Waals surface area contributed by atoms with E-state index in [1.54, 1.807) is 7.05 Å². The largest absolute Gasteiger partial charge is 0.379 e. The molecule has 3 rings (SSSR count). The molecule has 2 aromatic rings. The highest BCUT2D eigenvalue weighted by atomic mass is 16.5. The lowest BCUT2D eigenvalue weighted by Gasteiger charge is -2.26. The molecule has 0 unspecified atom stereocenters. The number of aromatic nitrogens is 1. The van der Waals surface area contributed by atoms with Gasteiger partial charge in [-0.1, -0.05) is 35.5 Å². The maximum Gasteiger partial charge on any atom is 0.191 e. The zero-order valence-corrected chi connectivity index (χ0v) is 14.6. The van der Waals surface area contributed by atoms with Gasteiger partial charge < -0.3 is 19.9 Å². The van der Waals surface area contributed by atoms with Crippen LogP contribution in [0.25, 0.3) is 11.3 Å². The normalized spacial score (nSPS) is 16.0. The summed E-state index contributed by atoms with van der Waals surface area (Å²) in [4.78, 5) is 6.63. The van der Waals surface area contributed by atoms with E-state index in [1.165, 1.54) is 0 Å². The number of hydrogen-bond acceptors (Lipinski definition) is 5. The molecule has 2 heterocycles. The van der Waals surface area contributed by atoms with Crippen LogP contribution in [0.3, 0.4) is 0 Å². The minimum absolute atomic E-state index is 0.563. The molecule has 0 amide bonds. The Morgan fingerprint density at radius 3 is 2.76 bits per heavy atom. The monoisotopic (exact) mass is 343 g/mol. The Bertz CT molecular complexity index is 665. The first-order valence-electron chi connectivity index (χ1n) is 8.61. The molecule has 0 bridgehead atoms. The third-order valence-corrected chi connectivity index (χ3v) is 4.10. The smallest absolute Gasteiger partial charge is 0.191 e. The van der Waals surface area contributed by atoms with E-state index in [2.05, 4.69) is 25.7 Å². The molecule has 0 radical (unpaired) electrons. The van der Waals surface area contributed by atoms with E-state index in [0.29, 0.717) is 6.54 Å². The van der Waals surface area contributed by atoms with Crippen LogP contribution in [0.1, 0.15) is 5.69 Å². The summed E-state index contributed by atoms with van der Waals surface area (Å²) in [5.74, 6) is 1.53. The highest BCUT2D eigenvalue weighted by Crippen LogP contribution is 2.19. The summed E-state index contributed by atoms with van der Waals surface area (Å²) >= 11 is 0. The third-order valence-electron chi connectivity index (χ3n) is 4.10. The van der Waals surface area contributed by atoms with Gasteiger partial charge in [0.15, 0.2) is 11.7 Å². The number of rotatable bonds is 6. The van der Waals surface area contributed by atoms with Crippen LogP contribution in [0, 0.1) is 0 Å². The van der Waals surface area contributed by atoms with E-state index < -0.39 is 0 Å². The first-order chi connectivity index (χ1) is 12.3. The van der Waals surface area contributed by atoms with Gasteiger partial charge in [-0.05, 0) is 0 Å². The molecule has 0 spiro atoms. The second-order valence-electron chi connectivity index (χ2n) is 5.86. The fourth-order valence-corrected chi connectivity index (χ4v) is 2.69. The van der Waals surface area contributed by atoms with Crippen molar-refractivity contribution in [3.05, 3.63) is 42.1 Å². The number of guanidine groups is 1. The standard InChI is InChI=1S/C18H25N5O2/c1-19-18(20-7-8-23-9-11-24-12-10-23)21-14-16-13-17(25-22-16)15-5-3-2-4-6-15/h2-6,13H,7-12,14H2,1H3,(H2,19,20,21). The van der Waals surface area contributed by atoms with Gasteiger partial charge >= 0.3 is 0 Å². The van der Waals surface area contributed by atoms with Crippen molar-refractivity contribution in [2.24, 2.45) is 4.99 Å². The molecular weight excluding hydrogens is 318 g/mol. The van der Waals surface area contributed by atoms with Crippen molar-refractivity contribution in [1.29, 1.82) is 0 Å². The second-order valence-corrected chi connectivity index (χ2v) is 5.86. The van der Waals surface area contributed by atoms with Gasteiger partial charge in [-0.2, -0.15) is 0 Å². The van der Waals surface area contributed by atoms with E-state index in [1.807, 2.05) is 36.4 Å². The predicted octanol–water partition coefficient (Wildman–Crippen LogP) is 1.34. The number of nitrogens with one attached hydrogen (secondary N) is 2. The molecule has 134 valence electrons. The number of morpholine rings is 1. The van der Waals surface area contributed by atoms with Crippen molar-refractivity contribution < 1.29 is 9.26 Å². The van der Waals surface area contributed by atoms with Gasteiger partial charge in [0.05, 0.1) is 19.8 Å². The van der Waals surface area contributed by atoms with Gasteiger partial charge in [0.1, 0.15) is 5.69 Å². The average molecular weight is 343 g/mol. The number of ether oxygens (including phenoxy) is 1. The summed E-state index contributed by atoms with van der Waals surface area (Å²) < 4.78 is 10.8. The van der Waals surface area contributed by atoms with Gasteiger partial charge in [0, 0.05) is 44.9 Å². The van der Waals surface area contributed by atoms with Crippen LogP contribution in [-0.2, 0) is 11.3 Å². The van der Waals surface area contributed by atoms with Crippen molar-refractivity contribution in [2.75, 3.05) is 46.4 Å². The molecule has 1 aliphatic heterocycles.